The van der Waals surface area contributed by atoms with Gasteiger partial charge < -0.3 is 4.74 Å². The molecule has 0 aliphatic rings. The molecule has 94 valence electrons. The highest BCUT2D eigenvalue weighted by Crippen LogP contribution is 2.20. The van der Waals surface area contributed by atoms with E-state index in [0.717, 1.165) is 12.8 Å². The molecule has 2 heteroatoms. The molecular formula is C14H26O2. The number of carbonyl (C=O) groups is 1. The third kappa shape index (κ3) is 11.3. The fraction of sp³-hybridized carbons (Fsp3) is 0.786. The van der Waals surface area contributed by atoms with Crippen molar-refractivity contribution < 1.29 is 9.53 Å². The summed E-state index contributed by atoms with van der Waals surface area (Å²) in [5.41, 5.74) is 0.356. The summed E-state index contributed by atoms with van der Waals surface area (Å²) in [6.45, 7) is 13.2. The quantitative estimate of drug-likeness (QED) is 0.536. The van der Waals surface area contributed by atoms with E-state index in [4.69, 9.17) is 4.74 Å². The third-order valence-corrected chi connectivity index (χ3v) is 1.96. The van der Waals surface area contributed by atoms with E-state index in [2.05, 4.69) is 20.8 Å². The fourth-order valence-electron chi connectivity index (χ4n) is 1.03. The number of carbonyl (C=O) groups excluding carboxylic acids is 1. The lowest BCUT2D eigenvalue weighted by Gasteiger charge is -2.17. The van der Waals surface area contributed by atoms with Crippen LogP contribution in [-0.2, 0) is 9.53 Å². The van der Waals surface area contributed by atoms with Crippen molar-refractivity contribution in [1.29, 1.82) is 0 Å². The van der Waals surface area contributed by atoms with Gasteiger partial charge in [0.05, 0.1) is 6.61 Å². The van der Waals surface area contributed by atoms with Gasteiger partial charge in [0.1, 0.15) is 0 Å². The Bertz CT molecular complexity index is 238. The van der Waals surface area contributed by atoms with Gasteiger partial charge in [-0.3, -0.25) is 0 Å². The maximum Gasteiger partial charge on any atom is 0.330 e. The Balaban J connectivity index is 3.76. The zero-order chi connectivity index (χ0) is 12.8. The average molecular weight is 226 g/mol. The topological polar surface area (TPSA) is 26.3 Å². The van der Waals surface area contributed by atoms with Gasteiger partial charge in [-0.05, 0) is 23.7 Å². The lowest BCUT2D eigenvalue weighted by atomic mass is 9.90. The van der Waals surface area contributed by atoms with Crippen molar-refractivity contribution in [2.75, 3.05) is 6.61 Å². The predicted molar refractivity (Wildman–Crippen MR) is 68.2 cm³/mol. The molecule has 0 aromatic rings. The minimum Gasteiger partial charge on any atom is -0.462 e. The molecule has 0 aliphatic heterocycles. The van der Waals surface area contributed by atoms with Crippen molar-refractivity contribution in [3.63, 3.8) is 0 Å². The first kappa shape index (κ1) is 15.2. The third-order valence-electron chi connectivity index (χ3n) is 1.96. The van der Waals surface area contributed by atoms with Crippen LogP contribution >= 0.6 is 0 Å². The van der Waals surface area contributed by atoms with Crippen molar-refractivity contribution in [1.82, 2.24) is 0 Å². The first-order valence-electron chi connectivity index (χ1n) is 5.93. The van der Waals surface area contributed by atoms with E-state index in [1.54, 1.807) is 0 Å². The van der Waals surface area contributed by atoms with E-state index >= 15 is 0 Å². The number of rotatable bonds is 4. The standard InChI is InChI=1S/C14H26O2/c1-13(2,3)10-8-7-9-12(15)16-11-14(4,5)6/h7,9H,8,10-11H2,1-6H3. The molecule has 0 unspecified atom stereocenters. The van der Waals surface area contributed by atoms with Gasteiger partial charge in [0.15, 0.2) is 0 Å². The molecule has 0 radical (unpaired) electrons. The molecule has 0 saturated carbocycles. The summed E-state index contributed by atoms with van der Waals surface area (Å²) in [5.74, 6) is -0.233. The number of allylic oxidation sites excluding steroid dienone is 1. The monoisotopic (exact) mass is 226 g/mol. The summed E-state index contributed by atoms with van der Waals surface area (Å²) in [7, 11) is 0. The molecule has 0 aliphatic carbocycles. The average Bonchev–Trinajstić information content (AvgIpc) is 2.06. The van der Waals surface area contributed by atoms with Gasteiger partial charge in [-0.25, -0.2) is 4.79 Å². The van der Waals surface area contributed by atoms with Gasteiger partial charge in [0.25, 0.3) is 0 Å². The normalized spacial score (nSPS) is 13.1. The zero-order valence-corrected chi connectivity index (χ0v) is 11.6. The van der Waals surface area contributed by atoms with E-state index < -0.39 is 0 Å². The first-order chi connectivity index (χ1) is 7.10. The summed E-state index contributed by atoms with van der Waals surface area (Å²) in [6.07, 6.45) is 5.44. The van der Waals surface area contributed by atoms with E-state index in [1.165, 1.54) is 6.08 Å². The molecule has 0 amide bonds. The van der Waals surface area contributed by atoms with E-state index in [0.29, 0.717) is 12.0 Å². The van der Waals surface area contributed by atoms with Crippen molar-refractivity contribution >= 4 is 5.97 Å². The van der Waals surface area contributed by atoms with Crippen LogP contribution in [-0.4, -0.2) is 12.6 Å². The maximum atomic E-state index is 11.3. The van der Waals surface area contributed by atoms with Crippen molar-refractivity contribution in [3.8, 4) is 0 Å². The molecule has 0 atom stereocenters. The van der Waals surface area contributed by atoms with Gasteiger partial charge in [-0.1, -0.05) is 47.6 Å². The van der Waals surface area contributed by atoms with Gasteiger partial charge >= 0.3 is 5.97 Å². The Morgan fingerprint density at radius 1 is 1.06 bits per heavy atom. The minimum atomic E-state index is -0.233. The van der Waals surface area contributed by atoms with E-state index in [1.807, 2.05) is 26.8 Å². The van der Waals surface area contributed by atoms with Crippen molar-refractivity contribution in [3.05, 3.63) is 12.2 Å². The Morgan fingerprint density at radius 2 is 1.62 bits per heavy atom. The van der Waals surface area contributed by atoms with E-state index in [9.17, 15) is 4.79 Å². The van der Waals surface area contributed by atoms with Gasteiger partial charge in [0.2, 0.25) is 0 Å². The molecule has 2 nitrogen and oxygen atoms in total. The number of hydrogen-bond donors (Lipinski definition) is 0. The summed E-state index contributed by atoms with van der Waals surface area (Å²) >= 11 is 0. The highest BCUT2D eigenvalue weighted by atomic mass is 16.5. The lowest BCUT2D eigenvalue weighted by molar-refractivity contribution is -0.140. The summed E-state index contributed by atoms with van der Waals surface area (Å²) < 4.78 is 5.11. The Labute approximate surface area is 100 Å². The zero-order valence-electron chi connectivity index (χ0n) is 11.6. The summed E-state index contributed by atoms with van der Waals surface area (Å²) in [5, 5.41) is 0. The first-order valence-corrected chi connectivity index (χ1v) is 5.93. The highest BCUT2D eigenvalue weighted by Gasteiger charge is 2.12. The van der Waals surface area contributed by atoms with Crippen LogP contribution in [0.2, 0.25) is 0 Å². The molecule has 0 spiro atoms. The largest absolute Gasteiger partial charge is 0.462 e. The summed E-state index contributed by atoms with van der Waals surface area (Å²) in [4.78, 5) is 11.3. The Morgan fingerprint density at radius 3 is 2.06 bits per heavy atom. The SMILES string of the molecule is CC(C)(C)CCC=CC(=O)OCC(C)(C)C. The van der Waals surface area contributed by atoms with Crippen LogP contribution in [0.4, 0.5) is 0 Å². The molecule has 0 bridgehead atoms. The van der Waals surface area contributed by atoms with Crippen LogP contribution in [0.1, 0.15) is 54.4 Å². The van der Waals surface area contributed by atoms with Gasteiger partial charge in [-0.2, -0.15) is 0 Å². The molecule has 0 saturated heterocycles. The predicted octanol–water partition coefficient (Wildman–Crippen LogP) is 3.96. The van der Waals surface area contributed by atoms with Crippen LogP contribution in [0.3, 0.4) is 0 Å². The summed E-state index contributed by atoms with van der Waals surface area (Å²) in [6, 6.07) is 0. The molecule has 16 heavy (non-hydrogen) atoms. The fourth-order valence-corrected chi connectivity index (χ4v) is 1.03. The van der Waals surface area contributed by atoms with Crippen LogP contribution in [0, 0.1) is 10.8 Å². The molecule has 0 aromatic heterocycles. The molecule has 0 heterocycles. The van der Waals surface area contributed by atoms with E-state index in [-0.39, 0.29) is 11.4 Å². The molecule has 0 fully saturated rings. The highest BCUT2D eigenvalue weighted by molar-refractivity contribution is 5.81. The Hall–Kier alpha value is -0.790. The minimum absolute atomic E-state index is 0.0366. The maximum absolute atomic E-state index is 11.3. The van der Waals surface area contributed by atoms with Crippen LogP contribution in [0.15, 0.2) is 12.2 Å². The Kier molecular flexibility index (Phi) is 5.77. The van der Waals surface area contributed by atoms with Crippen molar-refractivity contribution in [2.45, 2.75) is 54.4 Å². The molecular weight excluding hydrogens is 200 g/mol. The second-order valence-electron chi connectivity index (χ2n) is 6.67. The molecule has 0 aromatic carbocycles. The van der Waals surface area contributed by atoms with Crippen molar-refractivity contribution in [2.24, 2.45) is 10.8 Å². The second kappa shape index (κ2) is 6.07. The number of ether oxygens (including phenoxy) is 1. The smallest absolute Gasteiger partial charge is 0.330 e. The number of hydrogen-bond acceptors (Lipinski definition) is 2. The van der Waals surface area contributed by atoms with Gasteiger partial charge in [-0.15, -0.1) is 0 Å². The molecule has 0 N–H and O–H groups in total. The van der Waals surface area contributed by atoms with Crippen LogP contribution < -0.4 is 0 Å². The number of esters is 1. The van der Waals surface area contributed by atoms with Gasteiger partial charge in [0, 0.05) is 6.08 Å². The van der Waals surface area contributed by atoms with Crippen LogP contribution in [0.5, 0.6) is 0 Å². The molecule has 0 rings (SSSR count). The second-order valence-corrected chi connectivity index (χ2v) is 6.67. The lowest BCUT2D eigenvalue weighted by Crippen LogP contribution is -2.17. The van der Waals surface area contributed by atoms with Crippen LogP contribution in [0.25, 0.3) is 0 Å².